The monoisotopic (exact) mass is 356 g/mol. The van der Waals surface area contributed by atoms with Crippen LogP contribution in [-0.4, -0.2) is 20.3 Å². The molecule has 0 aromatic heterocycles. The van der Waals surface area contributed by atoms with Crippen LogP contribution >= 0.6 is 27.5 Å². The van der Waals surface area contributed by atoms with Gasteiger partial charge < -0.3 is 14.2 Å². The quantitative estimate of drug-likeness (QED) is 0.709. The Morgan fingerprint density at radius 3 is 2.50 bits per heavy atom. The topological polar surface area (TPSA) is 27.7 Å². The van der Waals surface area contributed by atoms with E-state index in [0.717, 1.165) is 16.0 Å². The summed E-state index contributed by atoms with van der Waals surface area (Å²) in [4.78, 5) is 0. The van der Waals surface area contributed by atoms with E-state index in [1.807, 2.05) is 36.4 Å². The van der Waals surface area contributed by atoms with Crippen LogP contribution in [0.3, 0.4) is 0 Å². The van der Waals surface area contributed by atoms with E-state index in [1.54, 1.807) is 13.2 Å². The van der Waals surface area contributed by atoms with E-state index in [9.17, 15) is 0 Å². The summed E-state index contributed by atoms with van der Waals surface area (Å²) in [6.45, 7) is 0.845. The molecular weight excluding hydrogens is 344 g/mol. The Balaban J connectivity index is 1.81. The Labute approximate surface area is 131 Å². The number of halogens is 2. The fourth-order valence-corrected chi connectivity index (χ4v) is 2.32. The summed E-state index contributed by atoms with van der Waals surface area (Å²) in [6.07, 6.45) is 0. The molecule has 5 heteroatoms. The third kappa shape index (κ3) is 4.32. The van der Waals surface area contributed by atoms with E-state index >= 15 is 0 Å². The summed E-state index contributed by atoms with van der Waals surface area (Å²) in [7, 11) is 1.62. The van der Waals surface area contributed by atoms with Crippen LogP contribution in [0.5, 0.6) is 17.2 Å². The van der Waals surface area contributed by atoms with Gasteiger partial charge in [-0.25, -0.2) is 0 Å². The molecule has 0 bridgehead atoms. The highest BCUT2D eigenvalue weighted by atomic mass is 79.9. The van der Waals surface area contributed by atoms with E-state index in [-0.39, 0.29) is 0 Å². The van der Waals surface area contributed by atoms with Gasteiger partial charge in [0.05, 0.1) is 12.1 Å². The minimum absolute atomic E-state index is 0.415. The van der Waals surface area contributed by atoms with Crippen LogP contribution in [0.15, 0.2) is 46.9 Å². The summed E-state index contributed by atoms with van der Waals surface area (Å²) in [5, 5.41) is 0.570. The van der Waals surface area contributed by atoms with Gasteiger partial charge >= 0.3 is 0 Å². The molecule has 0 radical (unpaired) electrons. The van der Waals surface area contributed by atoms with Gasteiger partial charge in [0.1, 0.15) is 30.5 Å². The molecule has 0 aliphatic carbocycles. The Hall–Kier alpha value is -1.39. The first kappa shape index (κ1) is 15.0. The van der Waals surface area contributed by atoms with Crippen molar-refractivity contribution in [1.82, 2.24) is 0 Å². The van der Waals surface area contributed by atoms with Gasteiger partial charge in [0, 0.05) is 10.5 Å². The number of ether oxygens (including phenoxy) is 3. The zero-order valence-electron chi connectivity index (χ0n) is 10.9. The Morgan fingerprint density at radius 1 is 1.00 bits per heavy atom. The van der Waals surface area contributed by atoms with E-state index in [4.69, 9.17) is 25.8 Å². The lowest BCUT2D eigenvalue weighted by molar-refractivity contribution is 0.216. The lowest BCUT2D eigenvalue weighted by Crippen LogP contribution is -2.09. The molecule has 0 heterocycles. The molecule has 106 valence electrons. The smallest absolute Gasteiger partial charge is 0.138 e. The second kappa shape index (κ2) is 7.41. The first-order valence-electron chi connectivity index (χ1n) is 6.04. The second-order valence-electron chi connectivity index (χ2n) is 3.95. The molecule has 2 aromatic carbocycles. The van der Waals surface area contributed by atoms with Gasteiger partial charge in [-0.05, 0) is 30.3 Å². The third-order valence-electron chi connectivity index (χ3n) is 2.54. The molecule has 0 amide bonds. The molecule has 2 aromatic rings. The molecule has 3 nitrogen and oxygen atoms in total. The van der Waals surface area contributed by atoms with Crippen molar-refractivity contribution in [3.05, 3.63) is 52.0 Å². The number of rotatable bonds is 6. The molecule has 0 spiro atoms. The normalized spacial score (nSPS) is 10.2. The highest BCUT2D eigenvalue weighted by Gasteiger charge is 2.02. The summed E-state index contributed by atoms with van der Waals surface area (Å²) in [6, 6.07) is 12.9. The Kier molecular flexibility index (Phi) is 5.56. The molecule has 0 aliphatic rings. The SMILES string of the molecule is COc1cccc(OCCOc2ccc(Br)cc2Cl)c1. The minimum atomic E-state index is 0.415. The van der Waals surface area contributed by atoms with Crippen LogP contribution < -0.4 is 14.2 Å². The van der Waals surface area contributed by atoms with E-state index in [0.29, 0.717) is 24.0 Å². The zero-order valence-corrected chi connectivity index (χ0v) is 13.3. The number of hydrogen-bond donors (Lipinski definition) is 0. The summed E-state index contributed by atoms with van der Waals surface area (Å²) >= 11 is 9.40. The zero-order chi connectivity index (χ0) is 14.4. The lowest BCUT2D eigenvalue weighted by atomic mass is 10.3. The molecule has 0 saturated heterocycles. The standard InChI is InChI=1S/C15H14BrClO3/c1-18-12-3-2-4-13(10-12)19-7-8-20-15-6-5-11(16)9-14(15)17/h2-6,9-10H,7-8H2,1H3. The fraction of sp³-hybridized carbons (Fsp3) is 0.200. The summed E-state index contributed by atoms with van der Waals surface area (Å²) in [5.41, 5.74) is 0. The van der Waals surface area contributed by atoms with Crippen LogP contribution in [0.25, 0.3) is 0 Å². The summed E-state index contributed by atoms with van der Waals surface area (Å²) in [5.74, 6) is 2.15. The molecular formula is C15H14BrClO3. The highest BCUT2D eigenvalue weighted by Crippen LogP contribution is 2.27. The summed E-state index contributed by atoms with van der Waals surface area (Å²) < 4.78 is 17.2. The van der Waals surface area contributed by atoms with Gasteiger partial charge in [0.25, 0.3) is 0 Å². The van der Waals surface area contributed by atoms with Gasteiger partial charge in [-0.3, -0.25) is 0 Å². The second-order valence-corrected chi connectivity index (χ2v) is 5.27. The fourth-order valence-electron chi connectivity index (χ4n) is 1.59. The van der Waals surface area contributed by atoms with Crippen molar-refractivity contribution in [2.75, 3.05) is 20.3 Å². The van der Waals surface area contributed by atoms with Crippen LogP contribution in [0, 0.1) is 0 Å². The van der Waals surface area contributed by atoms with Crippen molar-refractivity contribution in [2.45, 2.75) is 0 Å². The predicted octanol–water partition coefficient (Wildman–Crippen LogP) is 4.57. The van der Waals surface area contributed by atoms with Gasteiger partial charge in [0.15, 0.2) is 0 Å². The molecule has 0 aliphatic heterocycles. The molecule has 0 saturated carbocycles. The number of methoxy groups -OCH3 is 1. The average Bonchev–Trinajstić information content (AvgIpc) is 2.45. The molecule has 0 unspecified atom stereocenters. The van der Waals surface area contributed by atoms with Crippen molar-refractivity contribution in [3.8, 4) is 17.2 Å². The van der Waals surface area contributed by atoms with Crippen molar-refractivity contribution in [3.63, 3.8) is 0 Å². The Bertz CT molecular complexity index is 575. The van der Waals surface area contributed by atoms with Crippen molar-refractivity contribution >= 4 is 27.5 Å². The van der Waals surface area contributed by atoms with Gasteiger partial charge in [-0.2, -0.15) is 0 Å². The maximum Gasteiger partial charge on any atom is 0.138 e. The van der Waals surface area contributed by atoms with E-state index in [2.05, 4.69) is 15.9 Å². The van der Waals surface area contributed by atoms with Gasteiger partial charge in [-0.15, -0.1) is 0 Å². The van der Waals surface area contributed by atoms with Crippen molar-refractivity contribution < 1.29 is 14.2 Å². The van der Waals surface area contributed by atoms with E-state index < -0.39 is 0 Å². The van der Waals surface area contributed by atoms with Crippen LogP contribution in [0.1, 0.15) is 0 Å². The van der Waals surface area contributed by atoms with Crippen LogP contribution in [0.4, 0.5) is 0 Å². The van der Waals surface area contributed by atoms with E-state index in [1.165, 1.54) is 0 Å². The lowest BCUT2D eigenvalue weighted by Gasteiger charge is -2.10. The minimum Gasteiger partial charge on any atom is -0.497 e. The number of benzene rings is 2. The number of hydrogen-bond acceptors (Lipinski definition) is 3. The highest BCUT2D eigenvalue weighted by molar-refractivity contribution is 9.10. The molecule has 0 N–H and O–H groups in total. The van der Waals surface area contributed by atoms with Gasteiger partial charge in [-0.1, -0.05) is 33.6 Å². The first-order chi connectivity index (χ1) is 9.69. The predicted molar refractivity (Wildman–Crippen MR) is 83.1 cm³/mol. The largest absolute Gasteiger partial charge is 0.497 e. The third-order valence-corrected chi connectivity index (χ3v) is 3.33. The maximum absolute atomic E-state index is 6.05. The van der Waals surface area contributed by atoms with Crippen molar-refractivity contribution in [2.24, 2.45) is 0 Å². The van der Waals surface area contributed by atoms with Crippen LogP contribution in [0.2, 0.25) is 5.02 Å². The molecule has 0 atom stereocenters. The van der Waals surface area contributed by atoms with Gasteiger partial charge in [0.2, 0.25) is 0 Å². The molecule has 20 heavy (non-hydrogen) atoms. The average molecular weight is 358 g/mol. The van der Waals surface area contributed by atoms with Crippen LogP contribution in [-0.2, 0) is 0 Å². The first-order valence-corrected chi connectivity index (χ1v) is 7.21. The maximum atomic E-state index is 6.05. The molecule has 0 fully saturated rings. The van der Waals surface area contributed by atoms with Crippen molar-refractivity contribution in [1.29, 1.82) is 0 Å². The Morgan fingerprint density at radius 2 is 1.75 bits per heavy atom. The molecule has 2 rings (SSSR count).